The van der Waals surface area contributed by atoms with E-state index in [4.69, 9.17) is 5.73 Å². The number of amides is 1. The molecule has 0 saturated carbocycles. The lowest BCUT2D eigenvalue weighted by Crippen LogP contribution is -2.37. The lowest BCUT2D eigenvalue weighted by Gasteiger charge is -2.09. The number of nitrogens with two attached hydrogens (primary N) is 1. The molecule has 0 aliphatic carbocycles. The number of hydrogen-bond acceptors (Lipinski definition) is 4. The minimum atomic E-state index is -3.06. The van der Waals surface area contributed by atoms with Crippen molar-refractivity contribution in [3.63, 3.8) is 0 Å². The molecule has 84 valence electrons. The molecule has 0 aliphatic rings. The van der Waals surface area contributed by atoms with Crippen LogP contribution in [0.4, 0.5) is 0 Å². The number of rotatable bonds is 6. The van der Waals surface area contributed by atoms with E-state index < -0.39 is 9.84 Å². The Morgan fingerprint density at radius 1 is 1.50 bits per heavy atom. The van der Waals surface area contributed by atoms with E-state index in [1.807, 2.05) is 6.92 Å². The van der Waals surface area contributed by atoms with Crippen molar-refractivity contribution in [2.45, 2.75) is 25.8 Å². The van der Waals surface area contributed by atoms with Gasteiger partial charge in [-0.25, -0.2) is 8.42 Å². The first kappa shape index (κ1) is 13.4. The van der Waals surface area contributed by atoms with Gasteiger partial charge in [-0.05, 0) is 6.42 Å². The van der Waals surface area contributed by atoms with Crippen LogP contribution in [0.3, 0.4) is 0 Å². The number of nitrogens with one attached hydrogen (secondary N) is 1. The zero-order valence-electron chi connectivity index (χ0n) is 8.62. The second-order valence-corrected chi connectivity index (χ2v) is 5.61. The molecule has 6 heteroatoms. The molecule has 0 heterocycles. The van der Waals surface area contributed by atoms with Gasteiger partial charge < -0.3 is 11.1 Å². The first-order chi connectivity index (χ1) is 6.35. The van der Waals surface area contributed by atoms with Gasteiger partial charge >= 0.3 is 0 Å². The molecule has 0 saturated heterocycles. The molecule has 0 aromatic heterocycles. The van der Waals surface area contributed by atoms with Gasteiger partial charge in [-0.3, -0.25) is 4.79 Å². The van der Waals surface area contributed by atoms with Gasteiger partial charge in [0.25, 0.3) is 0 Å². The highest BCUT2D eigenvalue weighted by molar-refractivity contribution is 7.90. The van der Waals surface area contributed by atoms with Gasteiger partial charge in [0.1, 0.15) is 9.84 Å². The van der Waals surface area contributed by atoms with Gasteiger partial charge in [0, 0.05) is 25.3 Å². The summed E-state index contributed by atoms with van der Waals surface area (Å²) in [6.45, 7) is 2.33. The Kier molecular flexibility index (Phi) is 5.71. The Bertz CT molecular complexity index is 274. The molecule has 14 heavy (non-hydrogen) atoms. The second-order valence-electron chi connectivity index (χ2n) is 3.35. The standard InChI is InChI=1S/C8H18N2O3S/c1-3-7(9)6-10-8(11)4-5-14(2,12)13/h7H,3-6,9H2,1-2H3,(H,10,11). The molecule has 0 spiro atoms. The molecular formula is C8H18N2O3S. The molecule has 0 bridgehead atoms. The number of carbonyl (C=O) groups is 1. The van der Waals surface area contributed by atoms with Crippen LogP contribution >= 0.6 is 0 Å². The molecule has 0 radical (unpaired) electrons. The van der Waals surface area contributed by atoms with Gasteiger partial charge in [-0.2, -0.15) is 0 Å². The van der Waals surface area contributed by atoms with Crippen molar-refractivity contribution in [1.82, 2.24) is 5.32 Å². The summed E-state index contributed by atoms with van der Waals surface area (Å²) in [6.07, 6.45) is 1.90. The van der Waals surface area contributed by atoms with E-state index in [1.54, 1.807) is 0 Å². The molecule has 0 aliphatic heterocycles. The molecule has 0 aromatic rings. The lowest BCUT2D eigenvalue weighted by molar-refractivity contribution is -0.120. The van der Waals surface area contributed by atoms with Crippen molar-refractivity contribution in [1.29, 1.82) is 0 Å². The second kappa shape index (κ2) is 5.98. The molecule has 1 unspecified atom stereocenters. The summed E-state index contributed by atoms with van der Waals surface area (Å²) in [5, 5.41) is 2.58. The molecular weight excluding hydrogens is 204 g/mol. The van der Waals surface area contributed by atoms with Crippen molar-refractivity contribution in [3.05, 3.63) is 0 Å². The van der Waals surface area contributed by atoms with E-state index in [0.29, 0.717) is 6.54 Å². The molecule has 0 fully saturated rings. The van der Waals surface area contributed by atoms with Gasteiger partial charge in [0.15, 0.2) is 0 Å². The summed E-state index contributed by atoms with van der Waals surface area (Å²) in [6, 6.07) is -0.0582. The summed E-state index contributed by atoms with van der Waals surface area (Å²) in [5.41, 5.74) is 5.57. The first-order valence-electron chi connectivity index (χ1n) is 4.55. The summed E-state index contributed by atoms with van der Waals surface area (Å²) in [7, 11) is -3.06. The lowest BCUT2D eigenvalue weighted by atomic mass is 10.2. The Morgan fingerprint density at radius 3 is 2.50 bits per heavy atom. The smallest absolute Gasteiger partial charge is 0.221 e. The largest absolute Gasteiger partial charge is 0.355 e. The monoisotopic (exact) mass is 222 g/mol. The number of sulfone groups is 1. The summed E-state index contributed by atoms with van der Waals surface area (Å²) in [5.74, 6) is -0.375. The normalized spacial score (nSPS) is 13.6. The third kappa shape index (κ3) is 8.00. The maximum absolute atomic E-state index is 11.1. The van der Waals surface area contributed by atoms with Crippen LogP contribution in [0.2, 0.25) is 0 Å². The average molecular weight is 222 g/mol. The molecule has 5 nitrogen and oxygen atoms in total. The van der Waals surface area contributed by atoms with Crippen molar-refractivity contribution in [2.24, 2.45) is 5.73 Å². The quantitative estimate of drug-likeness (QED) is 0.620. The van der Waals surface area contributed by atoms with E-state index in [9.17, 15) is 13.2 Å². The van der Waals surface area contributed by atoms with E-state index >= 15 is 0 Å². The Hall–Kier alpha value is -0.620. The Balaban J connectivity index is 3.67. The van der Waals surface area contributed by atoms with E-state index in [1.165, 1.54) is 0 Å². The van der Waals surface area contributed by atoms with Crippen molar-refractivity contribution >= 4 is 15.7 Å². The number of hydrogen-bond donors (Lipinski definition) is 2. The van der Waals surface area contributed by atoms with Crippen LogP contribution in [-0.2, 0) is 14.6 Å². The zero-order valence-corrected chi connectivity index (χ0v) is 9.43. The fraction of sp³-hybridized carbons (Fsp3) is 0.875. The maximum Gasteiger partial charge on any atom is 0.221 e. The third-order valence-electron chi connectivity index (χ3n) is 1.79. The van der Waals surface area contributed by atoms with Gasteiger partial charge in [0.05, 0.1) is 5.75 Å². The summed E-state index contributed by atoms with van der Waals surface area (Å²) in [4.78, 5) is 11.1. The van der Waals surface area contributed by atoms with Crippen LogP contribution in [0.1, 0.15) is 19.8 Å². The van der Waals surface area contributed by atoms with Crippen molar-refractivity contribution in [3.8, 4) is 0 Å². The topological polar surface area (TPSA) is 89.3 Å². The van der Waals surface area contributed by atoms with Crippen LogP contribution in [0, 0.1) is 0 Å². The minimum absolute atomic E-state index is 0.00919. The predicted molar refractivity (Wildman–Crippen MR) is 55.6 cm³/mol. The highest BCUT2D eigenvalue weighted by atomic mass is 32.2. The summed E-state index contributed by atoms with van der Waals surface area (Å²) < 4.78 is 21.5. The molecule has 3 N–H and O–H groups in total. The van der Waals surface area contributed by atoms with Crippen LogP contribution in [0.25, 0.3) is 0 Å². The van der Waals surface area contributed by atoms with Crippen molar-refractivity contribution in [2.75, 3.05) is 18.6 Å². The van der Waals surface area contributed by atoms with Crippen LogP contribution < -0.4 is 11.1 Å². The van der Waals surface area contributed by atoms with Crippen LogP contribution in [-0.4, -0.2) is 38.9 Å². The Labute approximate surface area is 85.0 Å². The minimum Gasteiger partial charge on any atom is -0.355 e. The van der Waals surface area contributed by atoms with Gasteiger partial charge in [0.2, 0.25) is 5.91 Å². The highest BCUT2D eigenvalue weighted by Gasteiger charge is 2.08. The van der Waals surface area contributed by atoms with Crippen LogP contribution in [0.5, 0.6) is 0 Å². The third-order valence-corrected chi connectivity index (χ3v) is 2.73. The molecule has 0 rings (SSSR count). The zero-order chi connectivity index (χ0) is 11.2. The maximum atomic E-state index is 11.1. The van der Waals surface area contributed by atoms with Gasteiger partial charge in [-0.15, -0.1) is 0 Å². The fourth-order valence-corrected chi connectivity index (χ4v) is 1.31. The highest BCUT2D eigenvalue weighted by Crippen LogP contribution is 1.89. The SMILES string of the molecule is CCC(N)CNC(=O)CCS(C)(=O)=O. The summed E-state index contributed by atoms with van der Waals surface area (Å²) >= 11 is 0. The Morgan fingerprint density at radius 2 is 2.07 bits per heavy atom. The van der Waals surface area contributed by atoms with Gasteiger partial charge in [-0.1, -0.05) is 6.92 Å². The van der Waals surface area contributed by atoms with Crippen LogP contribution in [0.15, 0.2) is 0 Å². The molecule has 0 aromatic carbocycles. The van der Waals surface area contributed by atoms with E-state index in [0.717, 1.165) is 12.7 Å². The van der Waals surface area contributed by atoms with E-state index in [-0.39, 0.29) is 24.1 Å². The van der Waals surface area contributed by atoms with Crippen molar-refractivity contribution < 1.29 is 13.2 Å². The molecule has 1 amide bonds. The predicted octanol–water partition coefficient (Wildman–Crippen LogP) is -0.725. The number of carbonyl (C=O) groups excluding carboxylic acids is 1. The molecule has 1 atom stereocenters. The average Bonchev–Trinajstić information content (AvgIpc) is 2.09. The fourth-order valence-electron chi connectivity index (χ4n) is 0.756. The first-order valence-corrected chi connectivity index (χ1v) is 6.61. The van der Waals surface area contributed by atoms with E-state index in [2.05, 4.69) is 5.32 Å².